The van der Waals surface area contributed by atoms with E-state index in [4.69, 9.17) is 5.73 Å². The third kappa shape index (κ3) is 4.66. The molecule has 12 heavy (non-hydrogen) atoms. The molecule has 4 heteroatoms. The molecule has 0 aliphatic heterocycles. The van der Waals surface area contributed by atoms with E-state index < -0.39 is 0 Å². The normalized spacial score (nSPS) is 17.5. The Labute approximate surface area is 74.7 Å². The molecule has 1 saturated carbocycles. The van der Waals surface area contributed by atoms with Crippen LogP contribution in [0, 0.1) is 5.92 Å². The van der Waals surface area contributed by atoms with Gasteiger partial charge in [-0.1, -0.05) is 19.8 Å². The van der Waals surface area contributed by atoms with Crippen LogP contribution in [0.15, 0.2) is 0 Å². The highest BCUT2D eigenvalue weighted by atomic mass is 16.0. The maximum absolute atomic E-state index is 5.89. The summed E-state index contributed by atoms with van der Waals surface area (Å²) < 4.78 is 0. The van der Waals surface area contributed by atoms with Gasteiger partial charge in [0.1, 0.15) is 0 Å². The largest absolute Gasteiger partial charge is 0.412 e. The summed E-state index contributed by atoms with van der Waals surface area (Å²) in [5.41, 5.74) is 5.89. The van der Waals surface area contributed by atoms with E-state index in [0.29, 0.717) is 6.04 Å². The van der Waals surface area contributed by atoms with E-state index in [-0.39, 0.29) is 17.1 Å². The third-order valence-electron chi connectivity index (χ3n) is 2.38. The van der Waals surface area contributed by atoms with Crippen molar-refractivity contribution in [2.45, 2.75) is 45.1 Å². The Morgan fingerprint density at radius 2 is 1.83 bits per heavy atom. The summed E-state index contributed by atoms with van der Waals surface area (Å²) in [6, 6.07) is 0.517. The molecule has 1 atom stereocenters. The van der Waals surface area contributed by atoms with E-state index >= 15 is 0 Å². The average Bonchev–Trinajstić information content (AvgIpc) is 1.60. The quantitative estimate of drug-likeness (QED) is 0.653. The highest BCUT2D eigenvalue weighted by molar-refractivity contribution is 4.79. The second kappa shape index (κ2) is 8.93. The van der Waals surface area contributed by atoms with Crippen LogP contribution >= 0.6 is 0 Å². The molecule has 0 aromatic carbocycles. The fraction of sp³-hybridized carbons (Fsp3) is 1.00. The minimum Gasteiger partial charge on any atom is -0.412 e. The Morgan fingerprint density at radius 3 is 2.08 bits per heavy atom. The zero-order valence-corrected chi connectivity index (χ0v) is 7.97. The number of hydrogen-bond acceptors (Lipinski definition) is 2. The summed E-state index contributed by atoms with van der Waals surface area (Å²) in [5.74, 6) is 0.880. The maximum atomic E-state index is 5.89. The van der Waals surface area contributed by atoms with Gasteiger partial charge in [-0.05, 0) is 25.2 Å². The van der Waals surface area contributed by atoms with Gasteiger partial charge in [0, 0.05) is 6.04 Å². The van der Waals surface area contributed by atoms with Gasteiger partial charge in [-0.25, -0.2) is 0 Å². The van der Waals surface area contributed by atoms with E-state index in [0.717, 1.165) is 5.92 Å². The molecule has 78 valence electrons. The van der Waals surface area contributed by atoms with Crippen molar-refractivity contribution in [3.8, 4) is 0 Å². The van der Waals surface area contributed by atoms with E-state index in [9.17, 15) is 0 Å². The van der Waals surface area contributed by atoms with Crippen LogP contribution < -0.4 is 11.9 Å². The topological polar surface area (TPSA) is 124 Å². The molecule has 1 aliphatic carbocycles. The second-order valence-electron chi connectivity index (χ2n) is 3.14. The van der Waals surface area contributed by atoms with Gasteiger partial charge in [0.05, 0.1) is 0 Å². The monoisotopic (exact) mass is 180 g/mol. The van der Waals surface area contributed by atoms with Crippen LogP contribution in [0.3, 0.4) is 0 Å². The molecule has 0 radical (unpaired) electrons. The highest BCUT2D eigenvalue weighted by Crippen LogP contribution is 2.29. The lowest BCUT2D eigenvalue weighted by atomic mass is 9.79. The lowest BCUT2D eigenvalue weighted by molar-refractivity contribution is 0.252. The van der Waals surface area contributed by atoms with Gasteiger partial charge in [0.15, 0.2) is 0 Å². The zero-order chi connectivity index (χ0) is 6.69. The molecule has 0 amide bonds. The lowest BCUT2D eigenvalue weighted by Gasteiger charge is -2.30. The molecular formula is C8H24N2O2. The summed E-state index contributed by atoms with van der Waals surface area (Å²) in [6.45, 7) is 2.21. The Bertz CT molecular complexity index is 87.1. The van der Waals surface area contributed by atoms with Gasteiger partial charge < -0.3 is 22.8 Å². The molecule has 4 nitrogen and oxygen atoms in total. The van der Waals surface area contributed by atoms with Gasteiger partial charge >= 0.3 is 0 Å². The van der Waals surface area contributed by atoms with E-state index in [2.05, 4.69) is 6.92 Å². The molecule has 0 spiro atoms. The van der Waals surface area contributed by atoms with Crippen LogP contribution in [-0.4, -0.2) is 17.0 Å². The SMILES string of the molecule is CCCC(N)C1CCC1.N.O.O. The average molecular weight is 180 g/mol. The number of rotatable bonds is 3. The molecule has 0 heterocycles. The fourth-order valence-electron chi connectivity index (χ4n) is 1.44. The summed E-state index contributed by atoms with van der Waals surface area (Å²) in [4.78, 5) is 0. The predicted octanol–water partition coefficient (Wildman–Crippen LogP) is 0.426. The minimum atomic E-state index is 0. The van der Waals surface area contributed by atoms with Gasteiger partial charge in [-0.15, -0.1) is 0 Å². The van der Waals surface area contributed by atoms with Crippen molar-refractivity contribution < 1.29 is 11.0 Å². The Hall–Kier alpha value is -0.160. The standard InChI is InChI=1S/C8H17N.H3N.2H2O/c1-2-4-8(9)7-5-3-6-7;;;/h7-8H,2-6,9H2,1H3;1H3;2*1H2. The molecule has 0 saturated heterocycles. The van der Waals surface area contributed by atoms with E-state index in [1.165, 1.54) is 32.1 Å². The van der Waals surface area contributed by atoms with Crippen molar-refractivity contribution in [3.63, 3.8) is 0 Å². The van der Waals surface area contributed by atoms with Gasteiger partial charge in [-0.3, -0.25) is 0 Å². The van der Waals surface area contributed by atoms with E-state index in [1.807, 2.05) is 0 Å². The summed E-state index contributed by atoms with van der Waals surface area (Å²) >= 11 is 0. The molecule has 1 aliphatic rings. The summed E-state index contributed by atoms with van der Waals surface area (Å²) in [7, 11) is 0. The molecule has 9 N–H and O–H groups in total. The van der Waals surface area contributed by atoms with Crippen molar-refractivity contribution in [1.82, 2.24) is 6.15 Å². The summed E-state index contributed by atoms with van der Waals surface area (Å²) in [6.07, 6.45) is 6.67. The van der Waals surface area contributed by atoms with Crippen LogP contribution in [0.25, 0.3) is 0 Å². The lowest BCUT2D eigenvalue weighted by Crippen LogP contribution is -2.34. The molecule has 0 aromatic rings. The zero-order valence-electron chi connectivity index (χ0n) is 7.97. The van der Waals surface area contributed by atoms with Crippen molar-refractivity contribution in [2.24, 2.45) is 11.7 Å². The molecule has 0 aromatic heterocycles. The molecular weight excluding hydrogens is 156 g/mol. The fourth-order valence-corrected chi connectivity index (χ4v) is 1.44. The molecule has 0 bridgehead atoms. The molecule has 1 fully saturated rings. The predicted molar refractivity (Wildman–Crippen MR) is 52.5 cm³/mol. The van der Waals surface area contributed by atoms with Gasteiger partial charge in [0.2, 0.25) is 0 Å². The van der Waals surface area contributed by atoms with Crippen LogP contribution in [0.2, 0.25) is 0 Å². The first-order valence-corrected chi connectivity index (χ1v) is 4.10. The van der Waals surface area contributed by atoms with Crippen LogP contribution in [0.4, 0.5) is 0 Å². The molecule has 1 unspecified atom stereocenters. The first-order chi connectivity index (χ1) is 4.34. The maximum Gasteiger partial charge on any atom is 0.00670 e. The minimum absolute atomic E-state index is 0. The summed E-state index contributed by atoms with van der Waals surface area (Å²) in [5, 5.41) is 0. The first kappa shape index (κ1) is 17.8. The van der Waals surface area contributed by atoms with Crippen LogP contribution in [0.5, 0.6) is 0 Å². The van der Waals surface area contributed by atoms with Gasteiger partial charge in [0.25, 0.3) is 0 Å². The third-order valence-corrected chi connectivity index (χ3v) is 2.38. The number of hydrogen-bond donors (Lipinski definition) is 2. The van der Waals surface area contributed by atoms with Crippen molar-refractivity contribution in [2.75, 3.05) is 0 Å². The molecule has 1 rings (SSSR count). The second-order valence-corrected chi connectivity index (χ2v) is 3.14. The van der Waals surface area contributed by atoms with Crippen LogP contribution in [0.1, 0.15) is 39.0 Å². The Balaban J connectivity index is -0.000000270. The van der Waals surface area contributed by atoms with Crippen molar-refractivity contribution >= 4 is 0 Å². The van der Waals surface area contributed by atoms with Crippen molar-refractivity contribution in [3.05, 3.63) is 0 Å². The van der Waals surface area contributed by atoms with E-state index in [1.54, 1.807) is 0 Å². The van der Waals surface area contributed by atoms with Gasteiger partial charge in [-0.2, -0.15) is 0 Å². The first-order valence-electron chi connectivity index (χ1n) is 4.10. The Morgan fingerprint density at radius 1 is 1.33 bits per heavy atom. The number of nitrogens with two attached hydrogens (primary N) is 1. The Kier molecular flexibility index (Phi) is 13.3. The smallest absolute Gasteiger partial charge is 0.00670 e. The van der Waals surface area contributed by atoms with Crippen LogP contribution in [-0.2, 0) is 0 Å². The van der Waals surface area contributed by atoms with Crippen molar-refractivity contribution in [1.29, 1.82) is 0 Å². The highest BCUT2D eigenvalue weighted by Gasteiger charge is 2.22.